The van der Waals surface area contributed by atoms with Crippen LogP contribution in [-0.4, -0.2) is 31.3 Å². The normalized spacial score (nSPS) is 26.0. The first kappa shape index (κ1) is 14.3. The van der Waals surface area contributed by atoms with Crippen molar-refractivity contribution in [3.8, 4) is 0 Å². The summed E-state index contributed by atoms with van der Waals surface area (Å²) in [6.07, 6.45) is 2.20. The number of nitrogens with zero attached hydrogens (tertiary/aromatic N) is 1. The van der Waals surface area contributed by atoms with E-state index in [0.717, 1.165) is 31.7 Å². The molecule has 1 aromatic carbocycles. The van der Waals surface area contributed by atoms with Gasteiger partial charge < -0.3 is 15.4 Å². The molecule has 0 atom stereocenters. The van der Waals surface area contributed by atoms with Gasteiger partial charge in [0.25, 0.3) is 0 Å². The van der Waals surface area contributed by atoms with Crippen LogP contribution >= 0.6 is 0 Å². The minimum atomic E-state index is -0.206. The fraction of sp³-hybridized carbons (Fsp3) is 0.600. The van der Waals surface area contributed by atoms with Gasteiger partial charge in [-0.2, -0.15) is 0 Å². The third kappa shape index (κ3) is 2.74. The predicted octanol–water partition coefficient (Wildman–Crippen LogP) is 2.55. The summed E-state index contributed by atoms with van der Waals surface area (Å²) in [6.45, 7) is 6.33. The van der Waals surface area contributed by atoms with Crippen molar-refractivity contribution in [2.75, 3.05) is 24.6 Å². The smallest absolute Gasteiger partial charge is 0.123 e. The van der Waals surface area contributed by atoms with Crippen LogP contribution in [0.3, 0.4) is 0 Å². The topological polar surface area (TPSA) is 38.5 Å². The highest BCUT2D eigenvalue weighted by Crippen LogP contribution is 2.41. The minimum absolute atomic E-state index is 0.0353. The van der Waals surface area contributed by atoms with Crippen LogP contribution in [0.5, 0.6) is 0 Å². The van der Waals surface area contributed by atoms with E-state index in [1.165, 1.54) is 12.1 Å². The van der Waals surface area contributed by atoms with Gasteiger partial charge in [0.15, 0.2) is 0 Å². The van der Waals surface area contributed by atoms with Crippen molar-refractivity contribution in [3.63, 3.8) is 0 Å². The summed E-state index contributed by atoms with van der Waals surface area (Å²) in [4.78, 5) is 2.28. The van der Waals surface area contributed by atoms with Crippen molar-refractivity contribution in [2.24, 2.45) is 5.73 Å². The van der Waals surface area contributed by atoms with Crippen molar-refractivity contribution < 1.29 is 9.13 Å². The zero-order chi connectivity index (χ0) is 13.9. The van der Waals surface area contributed by atoms with Gasteiger partial charge in [-0.05, 0) is 51.0 Å². The van der Waals surface area contributed by atoms with Crippen LogP contribution in [0.2, 0.25) is 0 Å². The highest BCUT2D eigenvalue weighted by Gasteiger charge is 2.47. The minimum Gasteiger partial charge on any atom is -0.378 e. The van der Waals surface area contributed by atoms with Gasteiger partial charge in [-0.15, -0.1) is 0 Å². The molecule has 0 spiro atoms. The Morgan fingerprint density at radius 1 is 1.32 bits per heavy atom. The van der Waals surface area contributed by atoms with E-state index in [0.29, 0.717) is 12.6 Å². The predicted molar refractivity (Wildman–Crippen MR) is 75.9 cm³/mol. The van der Waals surface area contributed by atoms with Gasteiger partial charge in [0.1, 0.15) is 5.82 Å². The highest BCUT2D eigenvalue weighted by atomic mass is 19.1. The molecule has 0 aromatic heterocycles. The molecule has 19 heavy (non-hydrogen) atoms. The quantitative estimate of drug-likeness (QED) is 0.860. The maximum absolute atomic E-state index is 13.0. The number of anilines is 1. The SMILES string of the molecule is CCOC1CC(CN)(N(CC)c2ccc(F)cc2)C1. The van der Waals surface area contributed by atoms with Crippen molar-refractivity contribution >= 4 is 5.69 Å². The summed E-state index contributed by atoms with van der Waals surface area (Å²) in [5.74, 6) is -0.206. The van der Waals surface area contributed by atoms with Gasteiger partial charge in [-0.1, -0.05) is 0 Å². The average molecular weight is 266 g/mol. The molecule has 1 aliphatic rings. The van der Waals surface area contributed by atoms with Crippen molar-refractivity contribution in [1.29, 1.82) is 0 Å². The lowest BCUT2D eigenvalue weighted by molar-refractivity contribution is -0.0367. The Kier molecular flexibility index (Phi) is 4.42. The fourth-order valence-electron chi connectivity index (χ4n) is 3.05. The van der Waals surface area contributed by atoms with E-state index in [9.17, 15) is 4.39 Å². The van der Waals surface area contributed by atoms with Crippen LogP contribution in [-0.2, 0) is 4.74 Å². The molecule has 106 valence electrons. The molecule has 0 aliphatic heterocycles. The fourth-order valence-corrected chi connectivity index (χ4v) is 3.05. The first-order chi connectivity index (χ1) is 9.15. The first-order valence-corrected chi connectivity index (χ1v) is 7.00. The lowest BCUT2D eigenvalue weighted by atomic mass is 9.72. The van der Waals surface area contributed by atoms with Gasteiger partial charge in [0, 0.05) is 25.4 Å². The molecule has 3 nitrogen and oxygen atoms in total. The molecular weight excluding hydrogens is 243 g/mol. The number of ether oxygens (including phenoxy) is 1. The van der Waals surface area contributed by atoms with E-state index >= 15 is 0 Å². The van der Waals surface area contributed by atoms with E-state index in [1.54, 1.807) is 0 Å². The summed E-state index contributed by atoms with van der Waals surface area (Å²) in [5.41, 5.74) is 7.00. The Balaban J connectivity index is 2.14. The molecule has 1 saturated carbocycles. The molecule has 1 fully saturated rings. The number of benzene rings is 1. The van der Waals surface area contributed by atoms with Gasteiger partial charge in [0.2, 0.25) is 0 Å². The number of hydrogen-bond acceptors (Lipinski definition) is 3. The number of likely N-dealkylation sites (N-methyl/N-ethyl adjacent to an activating group) is 1. The van der Waals surface area contributed by atoms with Gasteiger partial charge in [0.05, 0.1) is 11.6 Å². The van der Waals surface area contributed by atoms with Crippen LogP contribution in [0, 0.1) is 5.82 Å². The number of nitrogens with two attached hydrogens (primary N) is 1. The third-order valence-electron chi connectivity index (χ3n) is 4.02. The highest BCUT2D eigenvalue weighted by molar-refractivity contribution is 5.50. The number of rotatable bonds is 6. The van der Waals surface area contributed by atoms with E-state index in [-0.39, 0.29) is 11.4 Å². The Labute approximate surface area is 114 Å². The van der Waals surface area contributed by atoms with Crippen molar-refractivity contribution in [3.05, 3.63) is 30.1 Å². The summed E-state index contributed by atoms with van der Waals surface area (Å²) in [6, 6.07) is 6.65. The van der Waals surface area contributed by atoms with Crippen LogP contribution < -0.4 is 10.6 Å². The zero-order valence-electron chi connectivity index (χ0n) is 11.7. The van der Waals surface area contributed by atoms with Gasteiger partial charge >= 0.3 is 0 Å². The van der Waals surface area contributed by atoms with Crippen molar-refractivity contribution in [1.82, 2.24) is 0 Å². The molecule has 0 radical (unpaired) electrons. The van der Waals surface area contributed by atoms with E-state index in [1.807, 2.05) is 19.1 Å². The molecule has 2 N–H and O–H groups in total. The Hall–Kier alpha value is -1.13. The van der Waals surface area contributed by atoms with Crippen molar-refractivity contribution in [2.45, 2.75) is 38.3 Å². The lowest BCUT2D eigenvalue weighted by Gasteiger charge is -2.54. The summed E-state index contributed by atoms with van der Waals surface area (Å²) < 4.78 is 18.7. The van der Waals surface area contributed by atoms with Crippen LogP contribution in [0.15, 0.2) is 24.3 Å². The van der Waals surface area contributed by atoms with E-state index in [4.69, 9.17) is 10.5 Å². The van der Waals surface area contributed by atoms with Gasteiger partial charge in [-0.3, -0.25) is 0 Å². The second kappa shape index (κ2) is 5.88. The van der Waals surface area contributed by atoms with E-state index in [2.05, 4.69) is 11.8 Å². The maximum Gasteiger partial charge on any atom is 0.123 e. The van der Waals surface area contributed by atoms with E-state index < -0.39 is 0 Å². The Morgan fingerprint density at radius 3 is 2.42 bits per heavy atom. The first-order valence-electron chi connectivity index (χ1n) is 7.00. The summed E-state index contributed by atoms with van der Waals surface area (Å²) >= 11 is 0. The van der Waals surface area contributed by atoms with Gasteiger partial charge in [-0.25, -0.2) is 4.39 Å². The second-order valence-electron chi connectivity index (χ2n) is 5.13. The summed E-state index contributed by atoms with van der Waals surface area (Å²) in [7, 11) is 0. The molecule has 1 aliphatic carbocycles. The third-order valence-corrected chi connectivity index (χ3v) is 4.02. The molecule has 0 amide bonds. The lowest BCUT2D eigenvalue weighted by Crippen LogP contribution is -2.64. The molecule has 0 bridgehead atoms. The molecule has 0 saturated heterocycles. The largest absolute Gasteiger partial charge is 0.378 e. The Bertz CT molecular complexity index is 401. The second-order valence-corrected chi connectivity index (χ2v) is 5.13. The monoisotopic (exact) mass is 266 g/mol. The number of halogens is 1. The zero-order valence-corrected chi connectivity index (χ0v) is 11.7. The molecular formula is C15H23FN2O. The molecule has 2 rings (SSSR count). The standard InChI is InChI=1S/C15H23FN2O/c1-3-18(13-7-5-12(16)6-8-13)15(11-17)9-14(10-15)19-4-2/h5-8,14H,3-4,9-11,17H2,1-2H3. The molecule has 4 heteroatoms. The van der Waals surface area contributed by atoms with Crippen LogP contribution in [0.4, 0.5) is 10.1 Å². The Morgan fingerprint density at radius 2 is 1.95 bits per heavy atom. The van der Waals surface area contributed by atoms with Crippen LogP contribution in [0.25, 0.3) is 0 Å². The molecule has 1 aromatic rings. The van der Waals surface area contributed by atoms with Crippen LogP contribution in [0.1, 0.15) is 26.7 Å². The molecule has 0 unspecified atom stereocenters. The number of hydrogen-bond donors (Lipinski definition) is 1. The molecule has 0 heterocycles. The summed E-state index contributed by atoms with van der Waals surface area (Å²) in [5, 5.41) is 0. The average Bonchev–Trinajstić information content (AvgIpc) is 2.38. The maximum atomic E-state index is 13.0.